The molecule has 1 unspecified atom stereocenters. The van der Waals surface area contributed by atoms with E-state index in [1.165, 1.54) is 11.3 Å². The summed E-state index contributed by atoms with van der Waals surface area (Å²) in [5, 5.41) is 6.31. The van der Waals surface area contributed by atoms with E-state index < -0.39 is 17.9 Å². The standard InChI is InChI=1S/C22H22N2O5S/c1-3-28-22(27)24-20(26)18-14-9-8-12(2)10-17(14)30-21(18)23-19(25)16-11-13-6-4-5-7-15(13)29-16/h4-7,11-12H,3,8-10H2,1-2H3,(H,23,25)(H,24,26,27). The quantitative estimate of drug-likeness (QED) is 0.627. The number of alkyl carbamates (subject to hydrolysis) is 1. The molecule has 156 valence electrons. The van der Waals surface area contributed by atoms with Crippen molar-refractivity contribution in [2.24, 2.45) is 5.92 Å². The summed E-state index contributed by atoms with van der Waals surface area (Å²) in [4.78, 5) is 38.5. The molecule has 2 heterocycles. The molecule has 0 aliphatic heterocycles. The number of hydrogen-bond acceptors (Lipinski definition) is 6. The van der Waals surface area contributed by atoms with Crippen LogP contribution >= 0.6 is 11.3 Å². The van der Waals surface area contributed by atoms with Crippen LogP contribution in [0.3, 0.4) is 0 Å². The Morgan fingerprint density at radius 2 is 2.03 bits per heavy atom. The molecule has 4 rings (SSSR count). The van der Waals surface area contributed by atoms with Crippen molar-refractivity contribution in [1.82, 2.24) is 5.32 Å². The maximum Gasteiger partial charge on any atom is 0.414 e. The number of para-hydroxylation sites is 1. The number of hydrogen-bond donors (Lipinski definition) is 2. The lowest BCUT2D eigenvalue weighted by atomic mass is 9.88. The fraction of sp³-hybridized carbons (Fsp3) is 0.318. The van der Waals surface area contributed by atoms with Crippen molar-refractivity contribution in [2.75, 3.05) is 11.9 Å². The first-order valence-corrected chi connectivity index (χ1v) is 10.7. The highest BCUT2D eigenvalue weighted by molar-refractivity contribution is 7.17. The summed E-state index contributed by atoms with van der Waals surface area (Å²) in [5.74, 6) is -0.354. The zero-order chi connectivity index (χ0) is 21.3. The third kappa shape index (κ3) is 3.95. The number of carbonyl (C=O) groups excluding carboxylic acids is 3. The lowest BCUT2D eigenvalue weighted by Gasteiger charge is -2.18. The van der Waals surface area contributed by atoms with E-state index in [0.717, 1.165) is 35.1 Å². The number of amides is 3. The van der Waals surface area contributed by atoms with Crippen LogP contribution in [0.25, 0.3) is 11.0 Å². The van der Waals surface area contributed by atoms with Crippen molar-refractivity contribution in [3.63, 3.8) is 0 Å². The predicted octanol–water partition coefficient (Wildman–Crippen LogP) is 4.76. The van der Waals surface area contributed by atoms with Crippen LogP contribution in [-0.2, 0) is 17.6 Å². The summed E-state index contributed by atoms with van der Waals surface area (Å²) in [6.07, 6.45) is 1.70. The molecular weight excluding hydrogens is 404 g/mol. The van der Waals surface area contributed by atoms with Gasteiger partial charge in [0.15, 0.2) is 5.76 Å². The average Bonchev–Trinajstić information content (AvgIpc) is 3.28. The van der Waals surface area contributed by atoms with Gasteiger partial charge in [0.05, 0.1) is 12.2 Å². The third-order valence-corrected chi connectivity index (χ3v) is 6.28. The molecule has 0 spiro atoms. The van der Waals surface area contributed by atoms with Crippen LogP contribution in [0.1, 0.15) is 51.6 Å². The lowest BCUT2D eigenvalue weighted by molar-refractivity contribution is 0.0925. The first kappa shape index (κ1) is 20.2. The predicted molar refractivity (Wildman–Crippen MR) is 114 cm³/mol. The Kier molecular flexibility index (Phi) is 5.59. The van der Waals surface area contributed by atoms with E-state index in [9.17, 15) is 14.4 Å². The molecule has 0 fully saturated rings. The van der Waals surface area contributed by atoms with Gasteiger partial charge in [-0.05, 0) is 49.8 Å². The molecule has 8 heteroatoms. The van der Waals surface area contributed by atoms with E-state index >= 15 is 0 Å². The highest BCUT2D eigenvalue weighted by Crippen LogP contribution is 2.40. The number of fused-ring (bicyclic) bond motifs is 2. The molecule has 3 aromatic rings. The molecule has 1 atom stereocenters. The van der Waals surface area contributed by atoms with Gasteiger partial charge in [-0.1, -0.05) is 25.1 Å². The van der Waals surface area contributed by atoms with Gasteiger partial charge in [-0.3, -0.25) is 14.9 Å². The zero-order valence-corrected chi connectivity index (χ0v) is 17.6. The average molecular weight is 426 g/mol. The molecule has 3 amide bonds. The fourth-order valence-electron chi connectivity index (χ4n) is 3.66. The van der Waals surface area contributed by atoms with Gasteiger partial charge in [0, 0.05) is 10.3 Å². The summed E-state index contributed by atoms with van der Waals surface area (Å²) in [5.41, 5.74) is 1.83. The number of rotatable bonds is 4. The Hall–Kier alpha value is -3.13. The molecule has 1 aliphatic rings. The minimum atomic E-state index is -0.804. The molecule has 1 aromatic carbocycles. The lowest BCUT2D eigenvalue weighted by Crippen LogP contribution is -2.32. The van der Waals surface area contributed by atoms with E-state index in [4.69, 9.17) is 9.15 Å². The van der Waals surface area contributed by atoms with Crippen LogP contribution in [0.4, 0.5) is 9.80 Å². The van der Waals surface area contributed by atoms with Gasteiger partial charge >= 0.3 is 6.09 Å². The molecule has 1 aliphatic carbocycles. The van der Waals surface area contributed by atoms with Gasteiger partial charge in [0.25, 0.3) is 11.8 Å². The van der Waals surface area contributed by atoms with Gasteiger partial charge in [0.1, 0.15) is 10.6 Å². The molecule has 30 heavy (non-hydrogen) atoms. The minimum Gasteiger partial charge on any atom is -0.451 e. The van der Waals surface area contributed by atoms with Crippen molar-refractivity contribution < 1.29 is 23.5 Å². The van der Waals surface area contributed by atoms with E-state index in [0.29, 0.717) is 22.1 Å². The highest BCUT2D eigenvalue weighted by Gasteiger charge is 2.30. The largest absolute Gasteiger partial charge is 0.451 e. The van der Waals surface area contributed by atoms with Crippen LogP contribution in [0.15, 0.2) is 34.7 Å². The summed E-state index contributed by atoms with van der Waals surface area (Å²) >= 11 is 1.38. The number of furan rings is 1. The second-order valence-corrected chi connectivity index (χ2v) is 8.44. The minimum absolute atomic E-state index is 0.160. The maximum atomic E-state index is 12.8. The van der Waals surface area contributed by atoms with Gasteiger partial charge in [0.2, 0.25) is 0 Å². The Bertz CT molecular complexity index is 1100. The zero-order valence-electron chi connectivity index (χ0n) is 16.7. The second kappa shape index (κ2) is 8.31. The first-order chi connectivity index (χ1) is 14.5. The summed E-state index contributed by atoms with van der Waals surface area (Å²) in [7, 11) is 0. The number of imide groups is 1. The maximum absolute atomic E-state index is 12.8. The number of nitrogens with one attached hydrogen (secondary N) is 2. The normalized spacial score (nSPS) is 15.5. The number of ether oxygens (including phenoxy) is 1. The van der Waals surface area contributed by atoms with Gasteiger partial charge in [-0.25, -0.2) is 4.79 Å². The van der Waals surface area contributed by atoms with Crippen LogP contribution in [0.2, 0.25) is 0 Å². The van der Waals surface area contributed by atoms with Crippen molar-refractivity contribution in [2.45, 2.75) is 33.1 Å². The fourth-order valence-corrected chi connectivity index (χ4v) is 5.06. The number of benzene rings is 1. The molecule has 2 N–H and O–H groups in total. The number of anilines is 1. The molecule has 0 saturated heterocycles. The smallest absolute Gasteiger partial charge is 0.414 e. The Labute approximate surface area is 177 Å². The Morgan fingerprint density at radius 1 is 1.23 bits per heavy atom. The molecule has 0 saturated carbocycles. The number of thiophene rings is 1. The van der Waals surface area contributed by atoms with E-state index in [1.54, 1.807) is 19.1 Å². The van der Waals surface area contributed by atoms with Gasteiger partial charge in [-0.15, -0.1) is 11.3 Å². The Morgan fingerprint density at radius 3 is 2.80 bits per heavy atom. The van der Waals surface area contributed by atoms with Gasteiger partial charge < -0.3 is 14.5 Å². The monoisotopic (exact) mass is 426 g/mol. The van der Waals surface area contributed by atoms with Crippen LogP contribution in [0.5, 0.6) is 0 Å². The van der Waals surface area contributed by atoms with Crippen LogP contribution in [0, 0.1) is 5.92 Å². The molecule has 0 bridgehead atoms. The van der Waals surface area contributed by atoms with Crippen LogP contribution in [-0.4, -0.2) is 24.5 Å². The molecule has 0 radical (unpaired) electrons. The number of carbonyl (C=O) groups is 3. The van der Waals surface area contributed by atoms with E-state index in [-0.39, 0.29) is 12.4 Å². The molecular formula is C22H22N2O5S. The van der Waals surface area contributed by atoms with Crippen molar-refractivity contribution in [3.05, 3.63) is 52.1 Å². The van der Waals surface area contributed by atoms with E-state index in [2.05, 4.69) is 17.6 Å². The second-order valence-electron chi connectivity index (χ2n) is 7.33. The van der Waals surface area contributed by atoms with Crippen LogP contribution < -0.4 is 10.6 Å². The summed E-state index contributed by atoms with van der Waals surface area (Å²) in [6, 6.07) is 9.01. The molecule has 7 nitrogen and oxygen atoms in total. The summed E-state index contributed by atoms with van der Waals surface area (Å²) < 4.78 is 10.5. The van der Waals surface area contributed by atoms with Crippen molar-refractivity contribution in [1.29, 1.82) is 0 Å². The third-order valence-electron chi connectivity index (χ3n) is 5.11. The van der Waals surface area contributed by atoms with Gasteiger partial charge in [-0.2, -0.15) is 0 Å². The summed E-state index contributed by atoms with van der Waals surface area (Å²) in [6.45, 7) is 3.98. The van der Waals surface area contributed by atoms with Crippen molar-refractivity contribution >= 4 is 45.2 Å². The SMILES string of the molecule is CCOC(=O)NC(=O)c1c(NC(=O)c2cc3ccccc3o2)sc2c1CCC(C)C2. The highest BCUT2D eigenvalue weighted by atomic mass is 32.1. The first-order valence-electron chi connectivity index (χ1n) is 9.88. The Balaban J connectivity index is 1.65. The van der Waals surface area contributed by atoms with E-state index in [1.807, 2.05) is 18.2 Å². The molecule has 2 aromatic heterocycles. The topological polar surface area (TPSA) is 97.6 Å². The van der Waals surface area contributed by atoms with Crippen molar-refractivity contribution in [3.8, 4) is 0 Å².